The van der Waals surface area contributed by atoms with Gasteiger partial charge in [0.1, 0.15) is 11.7 Å². The Morgan fingerprint density at radius 2 is 1.55 bits per heavy atom. The number of carbonyl (C=O) groups is 1. The van der Waals surface area contributed by atoms with Crippen molar-refractivity contribution in [2.24, 2.45) is 0 Å². The molecule has 1 amide bonds. The van der Waals surface area contributed by atoms with E-state index in [1.165, 1.54) is 0 Å². The Hall–Kier alpha value is -3.07. The number of hydrogen-bond acceptors (Lipinski definition) is 5. The minimum Gasteiger partial charge on any atom is -0.299 e. The molecule has 2 N–H and O–H groups in total. The normalized spacial score (nSPS) is 20.2. The van der Waals surface area contributed by atoms with Gasteiger partial charge in [0.15, 0.2) is 0 Å². The molecule has 2 fully saturated rings. The van der Waals surface area contributed by atoms with E-state index in [1.807, 2.05) is 0 Å². The highest BCUT2D eigenvalue weighted by molar-refractivity contribution is 5.84. The number of pyridine rings is 1. The SMILES string of the molecule is O=C(NNc1cc(C(F)(F)F)cc(C(F)(F)F)c1)C(c1ccc(C(F)(F)F)nc1)N1CCN2CCC[C@@H]2C1. The highest BCUT2D eigenvalue weighted by Crippen LogP contribution is 2.37. The number of anilines is 1. The van der Waals surface area contributed by atoms with Crippen LogP contribution in [-0.4, -0.2) is 52.9 Å². The van der Waals surface area contributed by atoms with Crippen LogP contribution in [0.1, 0.15) is 41.3 Å². The van der Waals surface area contributed by atoms with Crippen LogP contribution in [0.4, 0.5) is 45.2 Å². The average Bonchev–Trinajstić information content (AvgIpc) is 3.29. The molecule has 0 saturated carbocycles. The molecular formula is C23H22F9N5O. The van der Waals surface area contributed by atoms with E-state index in [4.69, 9.17) is 0 Å². The van der Waals surface area contributed by atoms with Crippen LogP contribution in [0.5, 0.6) is 0 Å². The number of piperazine rings is 1. The van der Waals surface area contributed by atoms with Crippen LogP contribution < -0.4 is 10.9 Å². The van der Waals surface area contributed by atoms with Gasteiger partial charge in [0.25, 0.3) is 5.91 Å². The largest absolute Gasteiger partial charge is 0.433 e. The Morgan fingerprint density at radius 3 is 2.11 bits per heavy atom. The number of halogens is 9. The number of carbonyl (C=O) groups excluding carboxylic acids is 1. The summed E-state index contributed by atoms with van der Waals surface area (Å²) in [4.78, 5) is 20.6. The lowest BCUT2D eigenvalue weighted by molar-refractivity contribution is -0.143. The number of rotatable bonds is 5. The van der Waals surface area contributed by atoms with Gasteiger partial charge in [-0.25, -0.2) is 0 Å². The number of amides is 1. The molecule has 2 saturated heterocycles. The van der Waals surface area contributed by atoms with Crippen LogP contribution >= 0.6 is 0 Å². The fraction of sp³-hybridized carbons (Fsp3) is 0.478. The third kappa shape index (κ3) is 6.31. The maximum atomic E-state index is 13.2. The number of hydrazine groups is 1. The molecule has 1 aromatic heterocycles. The van der Waals surface area contributed by atoms with Gasteiger partial charge in [0.05, 0.1) is 16.8 Å². The molecule has 2 atom stereocenters. The Bertz CT molecular complexity index is 1120. The van der Waals surface area contributed by atoms with Gasteiger partial charge in [-0.05, 0) is 49.2 Å². The summed E-state index contributed by atoms with van der Waals surface area (Å²) < 4.78 is 118. The van der Waals surface area contributed by atoms with Crippen LogP contribution in [-0.2, 0) is 23.3 Å². The predicted octanol–water partition coefficient (Wildman–Crippen LogP) is 5.10. The smallest absolute Gasteiger partial charge is 0.299 e. The molecule has 0 aliphatic carbocycles. The number of alkyl halides is 9. The Morgan fingerprint density at radius 1 is 0.895 bits per heavy atom. The van der Waals surface area contributed by atoms with Crippen LogP contribution in [0.25, 0.3) is 0 Å². The van der Waals surface area contributed by atoms with Crippen LogP contribution in [0.2, 0.25) is 0 Å². The number of aromatic nitrogens is 1. The third-order valence-corrected chi connectivity index (χ3v) is 6.54. The summed E-state index contributed by atoms with van der Waals surface area (Å²) in [5.74, 6) is -0.885. The number of nitrogens with one attached hydrogen (secondary N) is 2. The van der Waals surface area contributed by atoms with Gasteiger partial charge in [0.2, 0.25) is 0 Å². The van der Waals surface area contributed by atoms with Crippen molar-refractivity contribution in [3.63, 3.8) is 0 Å². The van der Waals surface area contributed by atoms with E-state index in [0.717, 1.165) is 31.6 Å². The number of fused-ring (bicyclic) bond motifs is 1. The van der Waals surface area contributed by atoms with Crippen LogP contribution in [0, 0.1) is 0 Å². The lowest BCUT2D eigenvalue weighted by Crippen LogP contribution is -2.54. The van der Waals surface area contributed by atoms with Gasteiger partial charge in [-0.2, -0.15) is 39.5 Å². The van der Waals surface area contributed by atoms with Gasteiger partial charge in [0, 0.05) is 31.9 Å². The lowest BCUT2D eigenvalue weighted by atomic mass is 10.0. The highest BCUT2D eigenvalue weighted by atomic mass is 19.4. The second-order valence-electron chi connectivity index (χ2n) is 9.11. The zero-order valence-corrected chi connectivity index (χ0v) is 19.5. The van der Waals surface area contributed by atoms with Crippen molar-refractivity contribution >= 4 is 11.6 Å². The molecule has 15 heteroatoms. The minimum absolute atomic E-state index is 0.0508. The maximum absolute atomic E-state index is 13.2. The summed E-state index contributed by atoms with van der Waals surface area (Å²) in [6, 6.07) is 1.44. The van der Waals surface area contributed by atoms with Crippen molar-refractivity contribution in [2.45, 2.75) is 43.5 Å². The highest BCUT2D eigenvalue weighted by Gasteiger charge is 2.39. The van der Waals surface area contributed by atoms with E-state index in [-0.39, 0.29) is 17.7 Å². The Labute approximate surface area is 210 Å². The van der Waals surface area contributed by atoms with E-state index in [2.05, 4.69) is 20.7 Å². The molecule has 2 aromatic rings. The molecule has 38 heavy (non-hydrogen) atoms. The van der Waals surface area contributed by atoms with Gasteiger partial charge < -0.3 is 0 Å². The van der Waals surface area contributed by atoms with Crippen molar-refractivity contribution in [1.82, 2.24) is 20.2 Å². The van der Waals surface area contributed by atoms with Crippen molar-refractivity contribution in [1.29, 1.82) is 0 Å². The molecule has 2 aliphatic heterocycles. The molecule has 6 nitrogen and oxygen atoms in total. The molecule has 0 radical (unpaired) electrons. The van der Waals surface area contributed by atoms with Crippen LogP contribution in [0.3, 0.4) is 0 Å². The van der Waals surface area contributed by atoms with E-state index in [9.17, 15) is 44.3 Å². The van der Waals surface area contributed by atoms with Crippen molar-refractivity contribution in [3.05, 3.63) is 58.9 Å². The lowest BCUT2D eigenvalue weighted by Gasteiger charge is -2.41. The van der Waals surface area contributed by atoms with E-state index >= 15 is 0 Å². The number of benzene rings is 1. The van der Waals surface area contributed by atoms with Gasteiger partial charge >= 0.3 is 18.5 Å². The predicted molar refractivity (Wildman–Crippen MR) is 116 cm³/mol. The summed E-state index contributed by atoms with van der Waals surface area (Å²) in [6.45, 7) is 2.20. The average molecular weight is 555 g/mol. The fourth-order valence-electron chi connectivity index (χ4n) is 4.74. The summed E-state index contributed by atoms with van der Waals surface area (Å²) in [5.41, 5.74) is -0.693. The summed E-state index contributed by atoms with van der Waals surface area (Å²) >= 11 is 0. The zero-order valence-electron chi connectivity index (χ0n) is 19.5. The van der Waals surface area contributed by atoms with Gasteiger partial charge in [-0.3, -0.25) is 30.4 Å². The minimum atomic E-state index is -5.09. The summed E-state index contributed by atoms with van der Waals surface area (Å²) in [7, 11) is 0. The summed E-state index contributed by atoms with van der Waals surface area (Å²) in [5, 5.41) is 0. The summed E-state index contributed by atoms with van der Waals surface area (Å²) in [6.07, 6.45) is -12.2. The van der Waals surface area contributed by atoms with E-state index in [1.54, 1.807) is 4.90 Å². The molecular weight excluding hydrogens is 533 g/mol. The molecule has 0 spiro atoms. The van der Waals surface area contributed by atoms with E-state index < -0.39 is 53.0 Å². The molecule has 4 rings (SSSR count). The van der Waals surface area contributed by atoms with Crippen LogP contribution in [0.15, 0.2) is 36.5 Å². The molecule has 1 aromatic carbocycles. The first-order valence-corrected chi connectivity index (χ1v) is 11.5. The second kappa shape index (κ2) is 10.2. The van der Waals surface area contributed by atoms with Gasteiger partial charge in [-0.1, -0.05) is 6.07 Å². The maximum Gasteiger partial charge on any atom is 0.433 e. The topological polar surface area (TPSA) is 60.5 Å². The molecule has 3 heterocycles. The number of hydrogen-bond donors (Lipinski definition) is 2. The molecule has 2 aliphatic rings. The second-order valence-corrected chi connectivity index (χ2v) is 9.11. The standard InChI is InChI=1S/C23H22F9N5O/c24-21(25,26)14-8-15(22(27,28)29)10-16(9-14)34-35-20(38)19(13-3-4-18(33-11-13)23(30,31)32)37-7-6-36-5-1-2-17(36)12-37/h3-4,8-11,17,19,34H,1-2,5-7,12H2,(H,35,38)/t17-,19?/m1/s1. The van der Waals surface area contributed by atoms with Crippen molar-refractivity contribution < 1.29 is 44.3 Å². The quantitative estimate of drug-likeness (QED) is 0.397. The fourth-order valence-corrected chi connectivity index (χ4v) is 4.74. The monoisotopic (exact) mass is 555 g/mol. The third-order valence-electron chi connectivity index (χ3n) is 6.54. The Balaban J connectivity index is 1.60. The molecule has 1 unspecified atom stereocenters. The van der Waals surface area contributed by atoms with Crippen molar-refractivity contribution in [3.8, 4) is 0 Å². The zero-order chi connectivity index (χ0) is 27.9. The van der Waals surface area contributed by atoms with E-state index in [0.29, 0.717) is 37.8 Å². The first-order valence-electron chi connectivity index (χ1n) is 11.5. The first-order chi connectivity index (χ1) is 17.6. The Kier molecular flexibility index (Phi) is 7.54. The molecule has 0 bridgehead atoms. The van der Waals surface area contributed by atoms with Gasteiger partial charge in [-0.15, -0.1) is 0 Å². The number of nitrogens with zero attached hydrogens (tertiary/aromatic N) is 3. The van der Waals surface area contributed by atoms with Crippen molar-refractivity contribution in [2.75, 3.05) is 31.6 Å². The first kappa shape index (κ1) is 28.0. The molecule has 208 valence electrons.